The fourth-order valence-electron chi connectivity index (χ4n) is 2.41. The first-order valence-corrected chi connectivity index (χ1v) is 9.20. The van der Waals surface area contributed by atoms with Gasteiger partial charge in [0.25, 0.3) is 0 Å². The fourth-order valence-corrected chi connectivity index (χ4v) is 2.89. The average Bonchev–Trinajstić information content (AvgIpc) is 3.04. The molecule has 3 rings (SSSR count). The lowest BCUT2D eigenvalue weighted by atomic mass is 10.1. The zero-order valence-electron chi connectivity index (χ0n) is 13.1. The Hall–Kier alpha value is -2.65. The highest BCUT2D eigenvalue weighted by Crippen LogP contribution is 2.28. The minimum Gasteiger partial charge on any atom is -0.384 e. The van der Waals surface area contributed by atoms with Crippen molar-refractivity contribution in [1.82, 2.24) is 19.9 Å². The van der Waals surface area contributed by atoms with E-state index in [1.807, 2.05) is 24.3 Å². The molecule has 8 nitrogen and oxygen atoms in total. The topological polar surface area (TPSA) is 126 Å². The van der Waals surface area contributed by atoms with Gasteiger partial charge in [0.05, 0.1) is 17.5 Å². The second-order valence-corrected chi connectivity index (χ2v) is 7.22. The molecule has 5 N–H and O–H groups in total. The average molecular weight is 346 g/mol. The summed E-state index contributed by atoms with van der Waals surface area (Å²) < 4.78 is 24.6. The number of sulfonamides is 1. The molecule has 2 aromatic heterocycles. The van der Waals surface area contributed by atoms with E-state index in [4.69, 9.17) is 5.73 Å². The molecule has 1 aromatic carbocycles. The third-order valence-electron chi connectivity index (χ3n) is 3.45. The summed E-state index contributed by atoms with van der Waals surface area (Å²) in [4.78, 5) is 4.37. The lowest BCUT2D eigenvalue weighted by Gasteiger charge is -2.11. The summed E-state index contributed by atoms with van der Waals surface area (Å²) in [5.74, 6) is 0.392. The van der Waals surface area contributed by atoms with E-state index in [-0.39, 0.29) is 6.54 Å². The molecule has 24 heavy (non-hydrogen) atoms. The largest absolute Gasteiger partial charge is 0.384 e. The second kappa shape index (κ2) is 6.46. The van der Waals surface area contributed by atoms with Crippen LogP contribution < -0.4 is 15.8 Å². The maximum absolute atomic E-state index is 11.1. The number of fused-ring (bicyclic) bond motifs is 1. The van der Waals surface area contributed by atoms with Crippen molar-refractivity contribution in [2.24, 2.45) is 0 Å². The number of aromatic amines is 1. The zero-order chi connectivity index (χ0) is 17.2. The lowest BCUT2D eigenvalue weighted by molar-refractivity contribution is 0.589. The summed E-state index contributed by atoms with van der Waals surface area (Å²) in [7, 11) is -3.20. The van der Waals surface area contributed by atoms with E-state index in [1.165, 1.54) is 0 Å². The van der Waals surface area contributed by atoms with Crippen LogP contribution in [-0.4, -0.2) is 42.9 Å². The van der Waals surface area contributed by atoms with Crippen LogP contribution >= 0.6 is 0 Å². The molecular formula is C15H18N6O2S. The van der Waals surface area contributed by atoms with Gasteiger partial charge in [-0.05, 0) is 12.1 Å². The quantitative estimate of drug-likeness (QED) is 0.496. The van der Waals surface area contributed by atoms with E-state index in [0.717, 1.165) is 34.1 Å². The number of anilines is 2. The van der Waals surface area contributed by atoms with Gasteiger partial charge < -0.3 is 11.1 Å². The molecule has 0 unspecified atom stereocenters. The number of hydrogen-bond acceptors (Lipinski definition) is 6. The van der Waals surface area contributed by atoms with Crippen molar-refractivity contribution >= 4 is 32.4 Å². The molecule has 0 aliphatic carbocycles. The minimum atomic E-state index is -3.20. The summed E-state index contributed by atoms with van der Waals surface area (Å²) in [5.41, 5.74) is 9.30. The summed E-state index contributed by atoms with van der Waals surface area (Å²) in [5, 5.41) is 11.0. The first-order valence-electron chi connectivity index (χ1n) is 7.31. The van der Waals surface area contributed by atoms with Crippen LogP contribution in [0.25, 0.3) is 22.2 Å². The van der Waals surface area contributed by atoms with E-state index in [0.29, 0.717) is 12.4 Å². The van der Waals surface area contributed by atoms with Crippen LogP contribution in [0.15, 0.2) is 36.5 Å². The van der Waals surface area contributed by atoms with Gasteiger partial charge in [-0.25, -0.2) is 18.1 Å². The van der Waals surface area contributed by atoms with E-state index in [2.05, 4.69) is 25.2 Å². The van der Waals surface area contributed by atoms with Crippen LogP contribution in [0.5, 0.6) is 0 Å². The molecule has 0 fully saturated rings. The third-order valence-corrected chi connectivity index (χ3v) is 4.17. The molecular weight excluding hydrogens is 328 g/mol. The molecule has 126 valence electrons. The molecule has 0 radical (unpaired) electrons. The van der Waals surface area contributed by atoms with Crippen molar-refractivity contribution in [3.05, 3.63) is 36.5 Å². The number of H-pyrrole nitrogens is 1. The Morgan fingerprint density at radius 2 is 2.04 bits per heavy atom. The van der Waals surface area contributed by atoms with Gasteiger partial charge in [0, 0.05) is 42.0 Å². The standard InChI is InChI=1S/C15H18N6O2S/c1-24(22,23)19-7-6-17-13-9-15(16)20-14-8-10(2-3-11(13)14)12-4-5-18-21-12/h2-5,8-9,19H,6-7H2,1H3,(H,18,21)(H3,16,17,20). The maximum Gasteiger partial charge on any atom is 0.208 e. The Morgan fingerprint density at radius 1 is 1.21 bits per heavy atom. The fraction of sp³-hybridized carbons (Fsp3) is 0.200. The Labute approximate surface area is 139 Å². The molecule has 0 aliphatic rings. The normalized spacial score (nSPS) is 11.7. The highest BCUT2D eigenvalue weighted by atomic mass is 32.2. The van der Waals surface area contributed by atoms with E-state index in [1.54, 1.807) is 12.3 Å². The van der Waals surface area contributed by atoms with E-state index >= 15 is 0 Å². The van der Waals surface area contributed by atoms with Gasteiger partial charge in [-0.3, -0.25) is 5.10 Å². The predicted octanol–water partition coefficient (Wildman–Crippen LogP) is 1.17. The van der Waals surface area contributed by atoms with Gasteiger partial charge in [-0.1, -0.05) is 12.1 Å². The van der Waals surface area contributed by atoms with Gasteiger partial charge in [0.2, 0.25) is 10.0 Å². The SMILES string of the molecule is CS(=O)(=O)NCCNc1cc(N)nc2cc(-c3ccn[nH]3)ccc12. The number of benzene rings is 1. The van der Waals surface area contributed by atoms with Crippen molar-refractivity contribution < 1.29 is 8.42 Å². The number of aromatic nitrogens is 3. The summed E-state index contributed by atoms with van der Waals surface area (Å²) in [6.07, 6.45) is 2.82. The van der Waals surface area contributed by atoms with Crippen LogP contribution in [0.2, 0.25) is 0 Å². The molecule has 0 saturated heterocycles. The van der Waals surface area contributed by atoms with Crippen molar-refractivity contribution in [2.45, 2.75) is 0 Å². The van der Waals surface area contributed by atoms with Crippen LogP contribution in [0, 0.1) is 0 Å². The Morgan fingerprint density at radius 3 is 2.75 bits per heavy atom. The molecule has 0 amide bonds. The smallest absolute Gasteiger partial charge is 0.208 e. The van der Waals surface area contributed by atoms with Crippen LogP contribution in [0.1, 0.15) is 0 Å². The summed E-state index contributed by atoms with van der Waals surface area (Å²) in [6.45, 7) is 0.725. The van der Waals surface area contributed by atoms with E-state index < -0.39 is 10.0 Å². The minimum absolute atomic E-state index is 0.286. The zero-order valence-corrected chi connectivity index (χ0v) is 13.9. The monoisotopic (exact) mass is 346 g/mol. The van der Waals surface area contributed by atoms with Crippen molar-refractivity contribution in [2.75, 3.05) is 30.4 Å². The molecule has 0 saturated carbocycles. The number of nitrogen functional groups attached to an aromatic ring is 1. The molecule has 2 heterocycles. The maximum atomic E-state index is 11.1. The van der Waals surface area contributed by atoms with Gasteiger partial charge in [-0.2, -0.15) is 5.10 Å². The predicted molar refractivity (Wildman–Crippen MR) is 95.1 cm³/mol. The van der Waals surface area contributed by atoms with Crippen molar-refractivity contribution in [3.63, 3.8) is 0 Å². The van der Waals surface area contributed by atoms with Crippen LogP contribution in [0.4, 0.5) is 11.5 Å². The Balaban J connectivity index is 1.85. The van der Waals surface area contributed by atoms with Crippen molar-refractivity contribution in [1.29, 1.82) is 0 Å². The molecule has 0 atom stereocenters. The number of rotatable bonds is 6. The first-order chi connectivity index (χ1) is 11.4. The molecule has 0 bridgehead atoms. The van der Waals surface area contributed by atoms with E-state index in [9.17, 15) is 8.42 Å². The van der Waals surface area contributed by atoms with Gasteiger partial charge in [-0.15, -0.1) is 0 Å². The van der Waals surface area contributed by atoms with Crippen LogP contribution in [-0.2, 0) is 10.0 Å². The number of nitrogens with one attached hydrogen (secondary N) is 3. The summed E-state index contributed by atoms with van der Waals surface area (Å²) >= 11 is 0. The Bertz CT molecular complexity index is 954. The van der Waals surface area contributed by atoms with Gasteiger partial charge in [0.15, 0.2) is 0 Å². The molecule has 3 aromatic rings. The first kappa shape index (κ1) is 16.2. The number of nitrogens with zero attached hydrogens (tertiary/aromatic N) is 2. The van der Waals surface area contributed by atoms with Gasteiger partial charge in [0.1, 0.15) is 5.82 Å². The van der Waals surface area contributed by atoms with Crippen LogP contribution in [0.3, 0.4) is 0 Å². The number of hydrogen-bond donors (Lipinski definition) is 4. The number of nitrogens with two attached hydrogens (primary N) is 1. The molecule has 0 spiro atoms. The van der Waals surface area contributed by atoms with Gasteiger partial charge >= 0.3 is 0 Å². The Kier molecular flexibility index (Phi) is 4.36. The third kappa shape index (κ3) is 3.81. The highest BCUT2D eigenvalue weighted by molar-refractivity contribution is 7.88. The number of pyridine rings is 1. The lowest BCUT2D eigenvalue weighted by Crippen LogP contribution is -2.27. The van der Waals surface area contributed by atoms with Crippen molar-refractivity contribution in [3.8, 4) is 11.3 Å². The summed E-state index contributed by atoms with van der Waals surface area (Å²) in [6, 6.07) is 9.46. The molecule has 0 aliphatic heterocycles. The highest BCUT2D eigenvalue weighted by Gasteiger charge is 2.07. The second-order valence-electron chi connectivity index (χ2n) is 5.39. The molecule has 9 heteroatoms.